The number of nitrogens with two attached hydrogens (primary N) is 2. The van der Waals surface area contributed by atoms with Crippen LogP contribution in [-0.4, -0.2) is 0 Å². The Bertz CT molecular complexity index is 455. The molecule has 16 heavy (non-hydrogen) atoms. The van der Waals surface area contributed by atoms with Crippen molar-refractivity contribution in [2.24, 2.45) is 11.7 Å². The zero-order valence-electron chi connectivity index (χ0n) is 10.5. The normalized spacial score (nSPS) is 9.88. The second kappa shape index (κ2) is 5.10. The van der Waals surface area contributed by atoms with Crippen LogP contribution in [0.4, 0.5) is 0 Å². The fraction of sp³-hybridized carbons (Fsp3) is 0.286. The average Bonchev–Trinajstić information content (AvgIpc) is 2.36. The second-order valence-electron chi connectivity index (χ2n) is 4.05. The Hall–Kier alpha value is -1.38. The lowest BCUT2D eigenvalue weighted by Gasteiger charge is -2.13. The van der Waals surface area contributed by atoms with Gasteiger partial charge in [-0.2, -0.15) is 0 Å². The van der Waals surface area contributed by atoms with Crippen LogP contribution in [0.15, 0.2) is 24.3 Å². The van der Waals surface area contributed by atoms with Crippen molar-refractivity contribution in [3.05, 3.63) is 46.5 Å². The summed E-state index contributed by atoms with van der Waals surface area (Å²) >= 11 is 0. The monoisotopic (exact) mass is 216 g/mol. The Morgan fingerprint density at radius 1 is 0.625 bits per heavy atom. The molecular formula is C14H20N2. The Morgan fingerprint density at radius 3 is 1.25 bits per heavy atom. The van der Waals surface area contributed by atoms with Gasteiger partial charge in [0.15, 0.2) is 0 Å². The van der Waals surface area contributed by atoms with Gasteiger partial charge in [0.2, 0.25) is 0 Å². The molecule has 0 fully saturated rings. The maximum atomic E-state index is 4.00. The van der Waals surface area contributed by atoms with E-state index in [1.165, 1.54) is 33.0 Å². The number of benzene rings is 2. The van der Waals surface area contributed by atoms with Gasteiger partial charge < -0.3 is 0 Å². The lowest BCUT2D eigenvalue weighted by Crippen LogP contribution is -2.02. The van der Waals surface area contributed by atoms with E-state index < -0.39 is 0 Å². The highest BCUT2D eigenvalue weighted by Gasteiger charge is 2.07. The van der Waals surface area contributed by atoms with Crippen LogP contribution in [0.3, 0.4) is 0 Å². The molecule has 4 N–H and O–H groups in total. The van der Waals surface area contributed by atoms with E-state index in [0.717, 1.165) is 0 Å². The van der Waals surface area contributed by atoms with Crippen molar-refractivity contribution < 1.29 is 0 Å². The molecule has 0 saturated heterocycles. The molecule has 2 rings (SSSR count). The van der Waals surface area contributed by atoms with E-state index in [4.69, 9.17) is 0 Å². The Balaban J connectivity index is 0.000000606. The van der Waals surface area contributed by atoms with E-state index in [-0.39, 0.29) is 0 Å². The van der Waals surface area contributed by atoms with Crippen molar-refractivity contribution in [1.82, 2.24) is 0 Å². The molecular weight excluding hydrogens is 196 g/mol. The minimum absolute atomic E-state index is 1.40. The molecule has 0 bridgehead atoms. The summed E-state index contributed by atoms with van der Waals surface area (Å²) in [7, 11) is 0. The fourth-order valence-corrected chi connectivity index (χ4v) is 2.10. The van der Waals surface area contributed by atoms with Gasteiger partial charge in [-0.05, 0) is 60.7 Å². The molecule has 2 nitrogen and oxygen atoms in total. The zero-order chi connectivity index (χ0) is 12.3. The van der Waals surface area contributed by atoms with E-state index >= 15 is 0 Å². The predicted molar refractivity (Wildman–Crippen MR) is 71.3 cm³/mol. The van der Waals surface area contributed by atoms with Crippen molar-refractivity contribution in [3.63, 3.8) is 0 Å². The van der Waals surface area contributed by atoms with Crippen molar-refractivity contribution in [1.29, 1.82) is 0 Å². The molecule has 0 aliphatic carbocycles. The van der Waals surface area contributed by atoms with Crippen LogP contribution < -0.4 is 11.7 Å². The molecule has 2 aromatic rings. The first kappa shape index (κ1) is 12.7. The lowest BCUT2D eigenvalue weighted by molar-refractivity contribution is 1.25. The first-order valence-corrected chi connectivity index (χ1v) is 5.41. The average molecular weight is 216 g/mol. The van der Waals surface area contributed by atoms with Crippen molar-refractivity contribution in [3.8, 4) is 0 Å². The third kappa shape index (κ3) is 1.94. The van der Waals surface area contributed by atoms with Crippen LogP contribution in [0.1, 0.15) is 22.3 Å². The predicted octanol–water partition coefficient (Wildman–Crippen LogP) is 2.89. The summed E-state index contributed by atoms with van der Waals surface area (Å²) < 4.78 is 0. The van der Waals surface area contributed by atoms with E-state index in [0.29, 0.717) is 0 Å². The molecule has 0 aromatic heterocycles. The SMILES string of the molecule is Cc1c(C)c(C)c2ccccc2c1C.NN. The number of rotatable bonds is 0. The van der Waals surface area contributed by atoms with E-state index in [9.17, 15) is 0 Å². The second-order valence-corrected chi connectivity index (χ2v) is 4.05. The van der Waals surface area contributed by atoms with Crippen molar-refractivity contribution >= 4 is 10.8 Å². The number of hydrazine groups is 1. The first-order chi connectivity index (χ1) is 7.63. The first-order valence-electron chi connectivity index (χ1n) is 5.41. The highest BCUT2D eigenvalue weighted by atomic mass is 15.0. The summed E-state index contributed by atoms with van der Waals surface area (Å²) in [6, 6.07) is 8.65. The maximum Gasteiger partial charge on any atom is -0.0149 e. The molecule has 0 radical (unpaired) electrons. The van der Waals surface area contributed by atoms with Gasteiger partial charge in [0.05, 0.1) is 0 Å². The summed E-state index contributed by atoms with van der Waals surface area (Å²) in [6.45, 7) is 8.85. The van der Waals surface area contributed by atoms with Gasteiger partial charge in [-0.25, -0.2) is 0 Å². The third-order valence-corrected chi connectivity index (χ3v) is 3.42. The number of hydrogen-bond donors (Lipinski definition) is 2. The standard InChI is InChI=1S/C14H16.H4N2/c1-9-10(2)12(4)14-8-6-5-7-13(14)11(9)3;1-2/h5-8H,1-4H3;1-2H2. The maximum absolute atomic E-state index is 4.00. The Morgan fingerprint density at radius 2 is 0.938 bits per heavy atom. The molecule has 0 saturated carbocycles. The molecule has 2 heteroatoms. The van der Waals surface area contributed by atoms with Gasteiger partial charge in [0.1, 0.15) is 0 Å². The van der Waals surface area contributed by atoms with Gasteiger partial charge in [-0.3, -0.25) is 11.7 Å². The largest absolute Gasteiger partial charge is 0.274 e. The van der Waals surface area contributed by atoms with Gasteiger partial charge >= 0.3 is 0 Å². The molecule has 0 aliphatic rings. The van der Waals surface area contributed by atoms with Crippen LogP contribution >= 0.6 is 0 Å². The highest BCUT2D eigenvalue weighted by molar-refractivity contribution is 5.90. The van der Waals surface area contributed by atoms with Crippen LogP contribution in [0.5, 0.6) is 0 Å². The van der Waals surface area contributed by atoms with E-state index in [1.54, 1.807) is 0 Å². The Labute approximate surface area is 97.2 Å². The quantitative estimate of drug-likeness (QED) is 0.525. The van der Waals surface area contributed by atoms with Gasteiger partial charge in [-0.1, -0.05) is 24.3 Å². The molecule has 0 spiro atoms. The minimum Gasteiger partial charge on any atom is -0.274 e. The van der Waals surface area contributed by atoms with Crippen molar-refractivity contribution in [2.75, 3.05) is 0 Å². The lowest BCUT2D eigenvalue weighted by atomic mass is 9.92. The van der Waals surface area contributed by atoms with E-state index in [1.807, 2.05) is 0 Å². The van der Waals surface area contributed by atoms with Gasteiger partial charge in [-0.15, -0.1) is 0 Å². The molecule has 0 atom stereocenters. The molecule has 0 heterocycles. The van der Waals surface area contributed by atoms with Crippen LogP contribution in [0, 0.1) is 27.7 Å². The topological polar surface area (TPSA) is 52.0 Å². The van der Waals surface area contributed by atoms with Gasteiger partial charge in [0.25, 0.3) is 0 Å². The molecule has 0 aliphatic heterocycles. The van der Waals surface area contributed by atoms with Crippen molar-refractivity contribution in [2.45, 2.75) is 27.7 Å². The van der Waals surface area contributed by atoms with E-state index in [2.05, 4.69) is 63.6 Å². The molecule has 0 amide bonds. The molecule has 86 valence electrons. The van der Waals surface area contributed by atoms with Crippen LogP contribution in [0.2, 0.25) is 0 Å². The number of aryl methyl sites for hydroxylation is 2. The molecule has 2 aromatic carbocycles. The zero-order valence-corrected chi connectivity index (χ0v) is 10.5. The summed E-state index contributed by atoms with van der Waals surface area (Å²) in [5.74, 6) is 8.00. The number of fused-ring (bicyclic) bond motifs is 1. The third-order valence-electron chi connectivity index (χ3n) is 3.42. The summed E-state index contributed by atoms with van der Waals surface area (Å²) in [5.41, 5.74) is 5.70. The van der Waals surface area contributed by atoms with Crippen LogP contribution in [-0.2, 0) is 0 Å². The number of hydrogen-bond acceptors (Lipinski definition) is 2. The summed E-state index contributed by atoms with van der Waals surface area (Å²) in [5, 5.41) is 2.79. The smallest absolute Gasteiger partial charge is 0.0149 e. The minimum atomic E-state index is 1.40. The molecule has 0 unspecified atom stereocenters. The summed E-state index contributed by atoms with van der Waals surface area (Å²) in [4.78, 5) is 0. The van der Waals surface area contributed by atoms with Crippen LogP contribution in [0.25, 0.3) is 10.8 Å². The Kier molecular flexibility index (Phi) is 4.05. The highest BCUT2D eigenvalue weighted by Crippen LogP contribution is 2.28. The van der Waals surface area contributed by atoms with Gasteiger partial charge in [0, 0.05) is 0 Å². The summed E-state index contributed by atoms with van der Waals surface area (Å²) in [6.07, 6.45) is 0. The fourth-order valence-electron chi connectivity index (χ4n) is 2.10.